The predicted molar refractivity (Wildman–Crippen MR) is 123 cm³/mol. The number of para-hydroxylation sites is 2. The second kappa shape index (κ2) is 6.41. The zero-order chi connectivity index (χ0) is 19.5. The van der Waals surface area contributed by atoms with Crippen molar-refractivity contribution in [1.29, 1.82) is 0 Å². The molecule has 1 nitrogen and oxygen atoms in total. The summed E-state index contributed by atoms with van der Waals surface area (Å²) in [5.74, 6) is 6.82. The van der Waals surface area contributed by atoms with Gasteiger partial charge < -0.3 is 4.74 Å². The Morgan fingerprint density at radius 1 is 0.643 bits per heavy atom. The summed E-state index contributed by atoms with van der Waals surface area (Å²) in [6, 6.07) is 17.3. The molecule has 0 saturated heterocycles. The van der Waals surface area contributed by atoms with Gasteiger partial charge in [0.25, 0.3) is 0 Å². The minimum absolute atomic E-state index is 0.237. The van der Waals surface area contributed by atoms with Gasteiger partial charge in [0.2, 0.25) is 0 Å². The van der Waals surface area contributed by atoms with E-state index in [-0.39, 0.29) is 5.41 Å². The number of ether oxygens (including phenoxy) is 1. The van der Waals surface area contributed by atoms with Gasteiger partial charge in [-0.1, -0.05) is 36.4 Å². The van der Waals surface area contributed by atoms with E-state index in [1.807, 2.05) is 0 Å². The Kier molecular flexibility index (Phi) is 4.09. The molecule has 0 amide bonds. The van der Waals surface area contributed by atoms with Crippen molar-refractivity contribution in [3.8, 4) is 11.5 Å². The first kappa shape index (κ1) is 17.9. The number of hydrogen-bond acceptors (Lipinski definition) is 1. The van der Waals surface area contributed by atoms with Crippen molar-refractivity contribution >= 4 is 16.4 Å². The third kappa shape index (κ3) is 2.27. The van der Waals surface area contributed by atoms with Gasteiger partial charge in [0.15, 0.2) is 0 Å². The summed E-state index contributed by atoms with van der Waals surface area (Å²) in [6.45, 7) is 9.11. The molecule has 0 N–H and O–H groups in total. The van der Waals surface area contributed by atoms with E-state index in [0.717, 1.165) is 11.5 Å². The molecule has 0 saturated carbocycles. The summed E-state index contributed by atoms with van der Waals surface area (Å²) in [6.07, 6.45) is 0. The molecule has 2 atom stereocenters. The van der Waals surface area contributed by atoms with Crippen LogP contribution in [0.4, 0.5) is 0 Å². The monoisotopic (exact) mass is 402 g/mol. The van der Waals surface area contributed by atoms with Crippen LogP contribution in [0.2, 0.25) is 0 Å². The Bertz CT molecular complexity index is 1100. The number of hydrogen-bond donors (Lipinski definition) is 0. The minimum atomic E-state index is -0.237. The first-order chi connectivity index (χ1) is 13.5. The lowest BCUT2D eigenvalue weighted by molar-refractivity contribution is 0.437. The Labute approximate surface area is 170 Å². The van der Waals surface area contributed by atoms with E-state index >= 15 is 0 Å². The SMILES string of the molecule is Cc1c[pH]c(C2(c3[pH]cc(C)c3C)c3ccccc3Oc3ccccc32)c1C. The molecular weight excluding hydrogens is 378 g/mol. The smallest absolute Gasteiger partial charge is 0.132 e. The van der Waals surface area contributed by atoms with Crippen LogP contribution in [0.5, 0.6) is 11.5 Å². The molecule has 4 aromatic rings. The summed E-state index contributed by atoms with van der Waals surface area (Å²) in [5, 5.41) is 3.08. The maximum atomic E-state index is 6.40. The number of rotatable bonds is 2. The van der Waals surface area contributed by atoms with Crippen LogP contribution in [-0.4, -0.2) is 0 Å². The summed E-state index contributed by atoms with van der Waals surface area (Å²) in [5.41, 5.74) is 8.07. The highest BCUT2D eigenvalue weighted by Gasteiger charge is 2.47. The maximum absolute atomic E-state index is 6.40. The largest absolute Gasteiger partial charge is 0.457 e. The maximum Gasteiger partial charge on any atom is 0.132 e. The summed E-state index contributed by atoms with van der Waals surface area (Å²) in [7, 11) is 1.41. The first-order valence-electron chi connectivity index (χ1n) is 9.72. The van der Waals surface area contributed by atoms with Gasteiger partial charge in [-0.2, -0.15) is 0 Å². The van der Waals surface area contributed by atoms with Crippen LogP contribution in [0.25, 0.3) is 0 Å². The molecule has 1 aliphatic rings. The van der Waals surface area contributed by atoms with Gasteiger partial charge in [0, 0.05) is 11.1 Å². The fourth-order valence-electron chi connectivity index (χ4n) is 4.63. The van der Waals surface area contributed by atoms with Gasteiger partial charge in [-0.25, -0.2) is 0 Å². The Morgan fingerprint density at radius 3 is 1.46 bits per heavy atom. The van der Waals surface area contributed by atoms with Crippen molar-refractivity contribution in [3.63, 3.8) is 0 Å². The molecule has 28 heavy (non-hydrogen) atoms. The van der Waals surface area contributed by atoms with E-state index < -0.39 is 0 Å². The second-order valence-corrected chi connectivity index (χ2v) is 9.94. The van der Waals surface area contributed by atoms with E-state index in [0.29, 0.717) is 16.4 Å². The minimum Gasteiger partial charge on any atom is -0.457 e. The molecule has 0 bridgehead atoms. The van der Waals surface area contributed by atoms with Crippen LogP contribution >= 0.6 is 16.4 Å². The van der Waals surface area contributed by atoms with E-state index in [2.05, 4.69) is 87.8 Å². The van der Waals surface area contributed by atoms with E-state index in [4.69, 9.17) is 4.74 Å². The standard InChI is InChI=1S/C25H24OP2/c1-15-13-27-23(17(15)3)25(24-18(4)16(2)14-28-24)19-9-5-7-11-21(19)26-22-12-8-6-10-20(22)25/h5-14,27-28H,1-4H3. The van der Waals surface area contributed by atoms with E-state index in [9.17, 15) is 0 Å². The molecule has 5 rings (SSSR count). The summed E-state index contributed by atoms with van der Waals surface area (Å²) in [4.78, 5) is 0. The molecule has 0 aliphatic carbocycles. The van der Waals surface area contributed by atoms with Crippen molar-refractivity contribution < 1.29 is 4.74 Å². The summed E-state index contributed by atoms with van der Waals surface area (Å²) >= 11 is 0. The molecule has 1 aliphatic heterocycles. The fourth-order valence-corrected chi connectivity index (χ4v) is 7.95. The molecule has 2 aromatic carbocycles. The van der Waals surface area contributed by atoms with Crippen LogP contribution in [0, 0.1) is 27.7 Å². The van der Waals surface area contributed by atoms with E-state index in [1.54, 1.807) is 0 Å². The van der Waals surface area contributed by atoms with Crippen molar-refractivity contribution in [3.05, 3.63) is 104 Å². The quantitative estimate of drug-likeness (QED) is 0.298. The van der Waals surface area contributed by atoms with Gasteiger partial charge in [-0.15, -0.1) is 16.4 Å². The fraction of sp³-hybridized carbons (Fsp3) is 0.200. The molecule has 0 spiro atoms. The highest BCUT2D eigenvalue weighted by Crippen LogP contribution is 2.60. The van der Waals surface area contributed by atoms with Crippen LogP contribution in [0.15, 0.2) is 60.1 Å². The van der Waals surface area contributed by atoms with Gasteiger partial charge in [0.1, 0.15) is 11.5 Å². The lowest BCUT2D eigenvalue weighted by Gasteiger charge is -2.41. The van der Waals surface area contributed by atoms with Crippen molar-refractivity contribution in [2.45, 2.75) is 33.1 Å². The van der Waals surface area contributed by atoms with Gasteiger partial charge in [-0.05, 0) is 84.3 Å². The highest BCUT2D eigenvalue weighted by atomic mass is 31.0. The average Bonchev–Trinajstić information content (AvgIpc) is 3.23. The second-order valence-electron chi connectivity index (χ2n) is 7.79. The Balaban J connectivity index is 2.01. The Morgan fingerprint density at radius 2 is 1.07 bits per heavy atom. The number of aryl methyl sites for hydroxylation is 2. The molecular formula is C25H24OP2. The number of fused-ring (bicyclic) bond motifs is 2. The van der Waals surface area contributed by atoms with Crippen molar-refractivity contribution in [2.24, 2.45) is 0 Å². The zero-order valence-corrected chi connectivity index (χ0v) is 18.7. The van der Waals surface area contributed by atoms with Gasteiger partial charge >= 0.3 is 0 Å². The molecule has 3 heterocycles. The van der Waals surface area contributed by atoms with E-state index in [1.165, 1.54) is 44.0 Å². The third-order valence-electron chi connectivity index (χ3n) is 6.35. The number of benzene rings is 2. The highest BCUT2D eigenvalue weighted by molar-refractivity contribution is 7.32. The molecule has 3 heteroatoms. The van der Waals surface area contributed by atoms with Gasteiger partial charge in [0.05, 0.1) is 5.41 Å². The lowest BCUT2D eigenvalue weighted by atomic mass is 9.68. The molecule has 2 unspecified atom stereocenters. The topological polar surface area (TPSA) is 9.23 Å². The van der Waals surface area contributed by atoms with Gasteiger partial charge in [-0.3, -0.25) is 0 Å². The van der Waals surface area contributed by atoms with Crippen LogP contribution in [0.1, 0.15) is 44.0 Å². The molecule has 0 fully saturated rings. The van der Waals surface area contributed by atoms with Crippen LogP contribution in [0.3, 0.4) is 0 Å². The normalized spacial score (nSPS) is 14.9. The average molecular weight is 402 g/mol. The van der Waals surface area contributed by atoms with Crippen molar-refractivity contribution in [1.82, 2.24) is 0 Å². The summed E-state index contributed by atoms with van der Waals surface area (Å²) < 4.78 is 6.40. The van der Waals surface area contributed by atoms with Crippen LogP contribution in [-0.2, 0) is 5.41 Å². The third-order valence-corrected chi connectivity index (χ3v) is 9.58. The molecule has 0 radical (unpaired) electrons. The predicted octanol–water partition coefficient (Wildman–Crippen LogP) is 7.47. The molecule has 2 aromatic heterocycles. The molecule has 140 valence electrons. The first-order valence-corrected chi connectivity index (χ1v) is 11.9. The Hall–Kier alpha value is -2.20. The lowest BCUT2D eigenvalue weighted by Crippen LogP contribution is -2.33. The van der Waals surface area contributed by atoms with Crippen LogP contribution < -0.4 is 4.74 Å². The van der Waals surface area contributed by atoms with Crippen molar-refractivity contribution in [2.75, 3.05) is 0 Å². The zero-order valence-electron chi connectivity index (χ0n) is 16.7.